The number of carbonyl (C=O) groups excluding carboxylic acids is 1. The molecule has 5 heteroatoms. The number of furan rings is 1. The van der Waals surface area contributed by atoms with Gasteiger partial charge >= 0.3 is 0 Å². The van der Waals surface area contributed by atoms with Gasteiger partial charge in [0, 0.05) is 18.3 Å². The summed E-state index contributed by atoms with van der Waals surface area (Å²) in [6.45, 7) is 0.394. The van der Waals surface area contributed by atoms with Crippen LogP contribution in [0.2, 0.25) is 0 Å². The molecule has 0 saturated carbocycles. The Hall–Kier alpha value is -2.30. The highest BCUT2D eigenvalue weighted by Gasteiger charge is 2.09. The van der Waals surface area contributed by atoms with E-state index in [9.17, 15) is 4.79 Å². The summed E-state index contributed by atoms with van der Waals surface area (Å²) in [6, 6.07) is 5.10. The number of nitrogens with zero attached hydrogens (tertiary/aromatic N) is 1. The van der Waals surface area contributed by atoms with Gasteiger partial charge in [-0.15, -0.1) is 0 Å². The molecule has 0 aliphatic rings. The van der Waals surface area contributed by atoms with Gasteiger partial charge in [-0.25, -0.2) is 4.98 Å². The molecular weight excluding hydrogens is 206 g/mol. The highest BCUT2D eigenvalue weighted by molar-refractivity contribution is 5.96. The van der Waals surface area contributed by atoms with Crippen LogP contribution in [0, 0.1) is 0 Å². The Morgan fingerprint density at radius 3 is 3.06 bits per heavy atom. The summed E-state index contributed by atoms with van der Waals surface area (Å²) in [5.41, 5.74) is 7.13. The van der Waals surface area contributed by atoms with Crippen molar-refractivity contribution in [3.05, 3.63) is 48.2 Å². The van der Waals surface area contributed by atoms with Crippen LogP contribution in [-0.4, -0.2) is 10.9 Å². The predicted molar refractivity (Wildman–Crippen MR) is 58.5 cm³/mol. The lowest BCUT2D eigenvalue weighted by molar-refractivity contribution is 0.0947. The van der Waals surface area contributed by atoms with Gasteiger partial charge in [0.15, 0.2) is 5.69 Å². The molecule has 0 saturated heterocycles. The molecule has 5 nitrogen and oxygen atoms in total. The van der Waals surface area contributed by atoms with Crippen molar-refractivity contribution in [2.45, 2.75) is 6.54 Å². The first-order valence-corrected chi connectivity index (χ1v) is 4.77. The number of anilines is 1. The van der Waals surface area contributed by atoms with Gasteiger partial charge in [-0.2, -0.15) is 0 Å². The molecule has 2 heterocycles. The maximum Gasteiger partial charge on any atom is 0.272 e. The summed E-state index contributed by atoms with van der Waals surface area (Å²) in [4.78, 5) is 15.6. The van der Waals surface area contributed by atoms with E-state index < -0.39 is 0 Å². The van der Waals surface area contributed by atoms with Crippen LogP contribution in [0.5, 0.6) is 0 Å². The van der Waals surface area contributed by atoms with E-state index in [1.165, 1.54) is 6.20 Å². The van der Waals surface area contributed by atoms with Crippen LogP contribution in [0.15, 0.2) is 41.3 Å². The first-order valence-electron chi connectivity index (χ1n) is 4.77. The van der Waals surface area contributed by atoms with E-state index in [1.54, 1.807) is 30.7 Å². The van der Waals surface area contributed by atoms with Crippen LogP contribution in [0.1, 0.15) is 16.1 Å². The molecule has 0 fully saturated rings. The standard InChI is InChI=1S/C11H11N3O2/c12-9-2-1-4-13-10(9)11(15)14-6-8-3-5-16-7-8/h1-5,7H,6,12H2,(H,14,15). The lowest BCUT2D eigenvalue weighted by Gasteiger charge is -2.04. The average Bonchev–Trinajstić information content (AvgIpc) is 2.79. The highest BCUT2D eigenvalue weighted by Crippen LogP contribution is 2.07. The molecule has 0 aromatic carbocycles. The Morgan fingerprint density at radius 1 is 1.50 bits per heavy atom. The molecule has 16 heavy (non-hydrogen) atoms. The highest BCUT2D eigenvalue weighted by atomic mass is 16.3. The fourth-order valence-corrected chi connectivity index (χ4v) is 1.27. The number of pyridine rings is 1. The smallest absolute Gasteiger partial charge is 0.272 e. The van der Waals surface area contributed by atoms with Crippen molar-refractivity contribution in [2.75, 3.05) is 5.73 Å². The monoisotopic (exact) mass is 217 g/mol. The molecule has 2 aromatic heterocycles. The second-order valence-electron chi connectivity index (χ2n) is 3.26. The normalized spacial score (nSPS) is 10.0. The lowest BCUT2D eigenvalue weighted by atomic mass is 10.2. The van der Waals surface area contributed by atoms with E-state index in [4.69, 9.17) is 10.2 Å². The SMILES string of the molecule is Nc1cccnc1C(=O)NCc1ccoc1. The average molecular weight is 217 g/mol. The molecule has 2 aromatic rings. The number of hydrogen-bond donors (Lipinski definition) is 2. The number of carbonyl (C=O) groups is 1. The van der Waals surface area contributed by atoms with Crippen LogP contribution in [0.4, 0.5) is 5.69 Å². The van der Waals surface area contributed by atoms with E-state index in [1.807, 2.05) is 0 Å². The van der Waals surface area contributed by atoms with Crippen LogP contribution >= 0.6 is 0 Å². The Balaban J connectivity index is 2.01. The van der Waals surface area contributed by atoms with E-state index in [0.29, 0.717) is 12.2 Å². The zero-order valence-electron chi connectivity index (χ0n) is 8.51. The molecule has 0 aliphatic heterocycles. The van der Waals surface area contributed by atoms with Crippen molar-refractivity contribution in [1.29, 1.82) is 0 Å². The van der Waals surface area contributed by atoms with Crippen LogP contribution in [0.25, 0.3) is 0 Å². The van der Waals surface area contributed by atoms with E-state index in [2.05, 4.69) is 10.3 Å². The minimum atomic E-state index is -0.292. The van der Waals surface area contributed by atoms with Crippen molar-refractivity contribution in [3.8, 4) is 0 Å². The minimum Gasteiger partial charge on any atom is -0.472 e. The molecule has 0 atom stereocenters. The topological polar surface area (TPSA) is 81.1 Å². The Kier molecular flexibility index (Phi) is 2.86. The number of aromatic nitrogens is 1. The largest absolute Gasteiger partial charge is 0.472 e. The lowest BCUT2D eigenvalue weighted by Crippen LogP contribution is -2.24. The first-order chi connectivity index (χ1) is 7.77. The molecule has 2 rings (SSSR count). The third-order valence-corrected chi connectivity index (χ3v) is 2.09. The van der Waals surface area contributed by atoms with Gasteiger partial charge in [0.2, 0.25) is 0 Å². The van der Waals surface area contributed by atoms with Crippen molar-refractivity contribution in [3.63, 3.8) is 0 Å². The maximum atomic E-state index is 11.7. The van der Waals surface area contributed by atoms with Crippen molar-refractivity contribution in [2.24, 2.45) is 0 Å². The van der Waals surface area contributed by atoms with Crippen molar-refractivity contribution >= 4 is 11.6 Å². The van der Waals surface area contributed by atoms with Crippen LogP contribution in [-0.2, 0) is 6.54 Å². The summed E-state index contributed by atoms with van der Waals surface area (Å²) >= 11 is 0. The van der Waals surface area contributed by atoms with E-state index >= 15 is 0 Å². The van der Waals surface area contributed by atoms with Gasteiger partial charge in [-0.05, 0) is 18.2 Å². The molecule has 0 radical (unpaired) electrons. The third-order valence-electron chi connectivity index (χ3n) is 2.09. The molecule has 82 valence electrons. The molecule has 0 aliphatic carbocycles. The Morgan fingerprint density at radius 2 is 2.38 bits per heavy atom. The second kappa shape index (κ2) is 4.48. The number of nitrogens with one attached hydrogen (secondary N) is 1. The Labute approximate surface area is 92.3 Å². The van der Waals surface area contributed by atoms with Gasteiger partial charge in [0.05, 0.1) is 18.2 Å². The van der Waals surface area contributed by atoms with Crippen LogP contribution < -0.4 is 11.1 Å². The molecule has 0 spiro atoms. The zero-order chi connectivity index (χ0) is 11.4. The molecule has 0 unspecified atom stereocenters. The van der Waals surface area contributed by atoms with Crippen molar-refractivity contribution in [1.82, 2.24) is 10.3 Å². The number of nitrogens with two attached hydrogens (primary N) is 1. The summed E-state index contributed by atoms with van der Waals surface area (Å²) in [5.74, 6) is -0.292. The number of rotatable bonds is 3. The summed E-state index contributed by atoms with van der Waals surface area (Å²) in [7, 11) is 0. The zero-order valence-corrected chi connectivity index (χ0v) is 8.51. The number of amides is 1. The molecule has 1 amide bonds. The molecule has 3 N–H and O–H groups in total. The molecule has 0 bridgehead atoms. The van der Waals surface area contributed by atoms with Gasteiger partial charge in [0.1, 0.15) is 0 Å². The van der Waals surface area contributed by atoms with Gasteiger partial charge < -0.3 is 15.5 Å². The Bertz CT molecular complexity index is 480. The fourth-order valence-electron chi connectivity index (χ4n) is 1.27. The fraction of sp³-hybridized carbons (Fsp3) is 0.0909. The van der Waals surface area contributed by atoms with Gasteiger partial charge in [0.25, 0.3) is 5.91 Å². The number of hydrogen-bond acceptors (Lipinski definition) is 4. The summed E-state index contributed by atoms with van der Waals surface area (Å²) in [6.07, 6.45) is 4.65. The number of nitrogen functional groups attached to an aromatic ring is 1. The van der Waals surface area contributed by atoms with Crippen LogP contribution in [0.3, 0.4) is 0 Å². The quantitative estimate of drug-likeness (QED) is 0.809. The summed E-state index contributed by atoms with van der Waals surface area (Å²) < 4.78 is 4.88. The summed E-state index contributed by atoms with van der Waals surface area (Å²) in [5, 5.41) is 2.70. The van der Waals surface area contributed by atoms with Gasteiger partial charge in [-0.1, -0.05) is 0 Å². The van der Waals surface area contributed by atoms with Gasteiger partial charge in [-0.3, -0.25) is 4.79 Å². The van der Waals surface area contributed by atoms with E-state index in [-0.39, 0.29) is 11.6 Å². The second-order valence-corrected chi connectivity index (χ2v) is 3.26. The maximum absolute atomic E-state index is 11.7. The third kappa shape index (κ3) is 2.20. The van der Waals surface area contributed by atoms with E-state index in [0.717, 1.165) is 5.56 Å². The van der Waals surface area contributed by atoms with Crippen molar-refractivity contribution < 1.29 is 9.21 Å². The minimum absolute atomic E-state index is 0.242. The molecular formula is C11H11N3O2. The predicted octanol–water partition coefficient (Wildman–Crippen LogP) is 1.19. The first kappa shape index (κ1) is 10.2.